The molecule has 0 heterocycles. The number of carbonyl (C=O) groups excluding carboxylic acids is 1. The van der Waals surface area contributed by atoms with Gasteiger partial charge in [-0.05, 0) is 38.5 Å². The summed E-state index contributed by atoms with van der Waals surface area (Å²) in [6.07, 6.45) is 36.2. The molecule has 0 fully saturated rings. The van der Waals surface area contributed by atoms with Gasteiger partial charge in [-0.25, -0.2) is 0 Å². The molecule has 0 aromatic carbocycles. The summed E-state index contributed by atoms with van der Waals surface area (Å²) in [7, 11) is 0. The van der Waals surface area contributed by atoms with E-state index in [1.54, 1.807) is 0 Å². The maximum absolute atomic E-state index is 12.4. The zero-order valence-corrected chi connectivity index (χ0v) is 28.1. The standard InChI is InChI=1S/C37H73NO4/c1-3-5-7-9-11-13-15-16-17-18-19-20-21-22-24-26-28-30-32-36(41)37(42)38-34(33-39)35(40)31-29-27-25-23-14-12-10-8-6-4-2/h18-19,34-36,39-41H,3-17,20-33H2,1-2H3,(H,38,42)/b19-18-. The first-order valence-electron chi connectivity index (χ1n) is 18.5. The van der Waals surface area contributed by atoms with Crippen molar-refractivity contribution in [1.82, 2.24) is 5.32 Å². The van der Waals surface area contributed by atoms with Crippen LogP contribution >= 0.6 is 0 Å². The van der Waals surface area contributed by atoms with Gasteiger partial charge >= 0.3 is 0 Å². The third-order valence-electron chi connectivity index (χ3n) is 8.63. The fourth-order valence-corrected chi connectivity index (χ4v) is 5.65. The van der Waals surface area contributed by atoms with E-state index in [-0.39, 0.29) is 6.61 Å². The van der Waals surface area contributed by atoms with E-state index in [2.05, 4.69) is 31.3 Å². The van der Waals surface area contributed by atoms with Gasteiger partial charge in [0.25, 0.3) is 0 Å². The van der Waals surface area contributed by atoms with E-state index < -0.39 is 24.2 Å². The van der Waals surface area contributed by atoms with Crippen molar-refractivity contribution in [2.75, 3.05) is 6.61 Å². The molecule has 3 unspecified atom stereocenters. The normalized spacial score (nSPS) is 13.9. The van der Waals surface area contributed by atoms with Crippen LogP contribution in [0.15, 0.2) is 12.2 Å². The number of aliphatic hydroxyl groups is 3. The van der Waals surface area contributed by atoms with Crippen LogP contribution in [0.4, 0.5) is 0 Å². The maximum Gasteiger partial charge on any atom is 0.249 e. The molecule has 0 aromatic rings. The first kappa shape index (κ1) is 41.1. The Kier molecular flexibility index (Phi) is 32.3. The van der Waals surface area contributed by atoms with E-state index in [1.807, 2.05) is 0 Å². The lowest BCUT2D eigenvalue weighted by molar-refractivity contribution is -0.131. The third kappa shape index (κ3) is 27.9. The first-order chi connectivity index (χ1) is 20.6. The Morgan fingerprint density at radius 1 is 0.548 bits per heavy atom. The van der Waals surface area contributed by atoms with E-state index in [4.69, 9.17) is 0 Å². The number of unbranched alkanes of at least 4 members (excludes halogenated alkanes) is 23. The number of aliphatic hydroxyl groups excluding tert-OH is 3. The number of allylic oxidation sites excluding steroid dienone is 2. The molecule has 0 aliphatic heterocycles. The molecule has 4 N–H and O–H groups in total. The molecule has 0 rings (SSSR count). The van der Waals surface area contributed by atoms with Crippen molar-refractivity contribution in [2.24, 2.45) is 0 Å². The Labute approximate surface area is 261 Å². The molecular formula is C37H73NO4. The average molecular weight is 596 g/mol. The van der Waals surface area contributed by atoms with Crippen molar-refractivity contribution >= 4 is 5.91 Å². The monoisotopic (exact) mass is 596 g/mol. The Bertz CT molecular complexity index is 582. The van der Waals surface area contributed by atoms with Gasteiger partial charge in [0.15, 0.2) is 0 Å². The fourth-order valence-electron chi connectivity index (χ4n) is 5.65. The third-order valence-corrected chi connectivity index (χ3v) is 8.63. The number of hydrogen-bond donors (Lipinski definition) is 4. The zero-order chi connectivity index (χ0) is 30.9. The number of nitrogens with one attached hydrogen (secondary N) is 1. The minimum atomic E-state index is -1.07. The van der Waals surface area contributed by atoms with Crippen molar-refractivity contribution in [3.05, 3.63) is 12.2 Å². The SMILES string of the molecule is CCCCCCCCCC/C=C\CCCCCCCCC(O)C(=O)NC(CO)C(O)CCCCCCCCCCCC. The first-order valence-corrected chi connectivity index (χ1v) is 18.5. The van der Waals surface area contributed by atoms with E-state index in [0.29, 0.717) is 12.8 Å². The molecule has 0 aliphatic carbocycles. The summed E-state index contributed by atoms with van der Waals surface area (Å²) < 4.78 is 0. The lowest BCUT2D eigenvalue weighted by Crippen LogP contribution is -2.49. The van der Waals surface area contributed by atoms with Crippen molar-refractivity contribution in [2.45, 2.75) is 212 Å². The number of carbonyl (C=O) groups is 1. The Morgan fingerprint density at radius 2 is 0.905 bits per heavy atom. The van der Waals surface area contributed by atoms with Gasteiger partial charge in [0.1, 0.15) is 6.10 Å². The van der Waals surface area contributed by atoms with Gasteiger partial charge in [0.2, 0.25) is 5.91 Å². The topological polar surface area (TPSA) is 89.8 Å². The highest BCUT2D eigenvalue weighted by Crippen LogP contribution is 2.15. The molecule has 5 heteroatoms. The highest BCUT2D eigenvalue weighted by Gasteiger charge is 2.23. The molecule has 0 saturated carbocycles. The highest BCUT2D eigenvalue weighted by molar-refractivity contribution is 5.80. The van der Waals surface area contributed by atoms with Crippen LogP contribution in [0.2, 0.25) is 0 Å². The molecule has 250 valence electrons. The van der Waals surface area contributed by atoms with Crippen LogP contribution in [-0.2, 0) is 4.79 Å². The van der Waals surface area contributed by atoms with Gasteiger partial charge < -0.3 is 20.6 Å². The second-order valence-electron chi connectivity index (χ2n) is 12.8. The fraction of sp³-hybridized carbons (Fsp3) is 0.919. The van der Waals surface area contributed by atoms with Crippen molar-refractivity contribution in [1.29, 1.82) is 0 Å². The van der Waals surface area contributed by atoms with E-state index in [0.717, 1.165) is 32.1 Å². The minimum Gasteiger partial charge on any atom is -0.394 e. The number of rotatable bonds is 33. The average Bonchev–Trinajstić information content (AvgIpc) is 2.99. The van der Waals surface area contributed by atoms with Gasteiger partial charge in [-0.3, -0.25) is 4.79 Å². The van der Waals surface area contributed by atoms with Crippen LogP contribution in [0.3, 0.4) is 0 Å². The quantitative estimate of drug-likeness (QED) is 0.0449. The van der Waals surface area contributed by atoms with Crippen molar-refractivity contribution in [3.63, 3.8) is 0 Å². The van der Waals surface area contributed by atoms with E-state index >= 15 is 0 Å². The predicted octanol–water partition coefficient (Wildman–Crippen LogP) is 9.70. The number of amides is 1. The van der Waals surface area contributed by atoms with Gasteiger partial charge in [-0.1, -0.05) is 167 Å². The van der Waals surface area contributed by atoms with Crippen LogP contribution in [0.5, 0.6) is 0 Å². The molecule has 0 aliphatic rings. The summed E-state index contributed by atoms with van der Waals surface area (Å²) in [4.78, 5) is 12.4. The van der Waals surface area contributed by atoms with E-state index in [1.165, 1.54) is 135 Å². The molecule has 0 saturated heterocycles. The van der Waals surface area contributed by atoms with Crippen LogP contribution in [0.25, 0.3) is 0 Å². The smallest absolute Gasteiger partial charge is 0.249 e. The Hall–Kier alpha value is -0.910. The van der Waals surface area contributed by atoms with Crippen molar-refractivity contribution in [3.8, 4) is 0 Å². The molecule has 0 aromatic heterocycles. The second-order valence-corrected chi connectivity index (χ2v) is 12.8. The van der Waals surface area contributed by atoms with Crippen LogP contribution in [0.1, 0.15) is 194 Å². The second kappa shape index (κ2) is 33.0. The summed E-state index contributed by atoms with van der Waals surface area (Å²) in [5.74, 6) is -0.477. The maximum atomic E-state index is 12.4. The lowest BCUT2D eigenvalue weighted by atomic mass is 10.0. The lowest BCUT2D eigenvalue weighted by Gasteiger charge is -2.23. The van der Waals surface area contributed by atoms with Gasteiger partial charge in [0, 0.05) is 0 Å². The van der Waals surface area contributed by atoms with Gasteiger partial charge in [-0.15, -0.1) is 0 Å². The molecule has 42 heavy (non-hydrogen) atoms. The van der Waals surface area contributed by atoms with Crippen LogP contribution < -0.4 is 5.32 Å². The summed E-state index contributed by atoms with van der Waals surface area (Å²) in [5, 5.41) is 33.0. The Morgan fingerprint density at radius 3 is 1.31 bits per heavy atom. The van der Waals surface area contributed by atoms with Gasteiger partial charge in [0.05, 0.1) is 18.8 Å². The Balaban J connectivity index is 3.67. The van der Waals surface area contributed by atoms with Crippen LogP contribution in [0, 0.1) is 0 Å². The summed E-state index contributed by atoms with van der Waals surface area (Å²) in [5.41, 5.74) is 0. The molecule has 0 spiro atoms. The molecule has 1 amide bonds. The van der Waals surface area contributed by atoms with Gasteiger partial charge in [-0.2, -0.15) is 0 Å². The largest absolute Gasteiger partial charge is 0.394 e. The molecule has 0 radical (unpaired) electrons. The summed E-state index contributed by atoms with van der Waals surface area (Å²) >= 11 is 0. The summed E-state index contributed by atoms with van der Waals surface area (Å²) in [6, 6.07) is -0.708. The molecule has 3 atom stereocenters. The van der Waals surface area contributed by atoms with Crippen LogP contribution in [-0.4, -0.2) is 46.1 Å². The highest BCUT2D eigenvalue weighted by atomic mass is 16.3. The number of hydrogen-bond acceptors (Lipinski definition) is 4. The minimum absolute atomic E-state index is 0.314. The summed E-state index contributed by atoms with van der Waals surface area (Å²) in [6.45, 7) is 4.20. The predicted molar refractivity (Wildman–Crippen MR) is 181 cm³/mol. The zero-order valence-electron chi connectivity index (χ0n) is 28.1. The molecule has 0 bridgehead atoms. The molecular weight excluding hydrogens is 522 g/mol. The molecule has 5 nitrogen and oxygen atoms in total. The van der Waals surface area contributed by atoms with Crippen molar-refractivity contribution < 1.29 is 20.1 Å². The van der Waals surface area contributed by atoms with E-state index in [9.17, 15) is 20.1 Å².